The smallest absolute Gasteiger partial charge is 0.324 e. The average molecular weight is 269 g/mol. The lowest BCUT2D eigenvalue weighted by atomic mass is 10.1. The number of unbranched alkanes of at least 4 members (excludes halogenated alkanes) is 1. The minimum absolute atomic E-state index is 0.0726. The minimum atomic E-state index is 0.0726. The highest BCUT2D eigenvalue weighted by Crippen LogP contribution is 2.13. The molecule has 0 atom stereocenters. The molecule has 4 nitrogen and oxygen atoms in total. The summed E-state index contributed by atoms with van der Waals surface area (Å²) in [5, 5.41) is 0. The lowest BCUT2D eigenvalue weighted by Gasteiger charge is -2.27. The highest BCUT2D eigenvalue weighted by Gasteiger charge is 2.22. The van der Waals surface area contributed by atoms with Gasteiger partial charge in [-0.05, 0) is 24.8 Å². The Balaban J connectivity index is 1.47. The number of carbonyl (C=O) groups excluding carboxylic acids is 1. The van der Waals surface area contributed by atoms with Crippen LogP contribution < -0.4 is 0 Å². The summed E-state index contributed by atoms with van der Waals surface area (Å²) < 4.78 is 1.67. The van der Waals surface area contributed by atoms with E-state index in [-0.39, 0.29) is 6.03 Å². The SMILES string of the molecule is O=C1N(CCCCc2ccccc2)CCc2cncn21. The van der Waals surface area contributed by atoms with E-state index in [9.17, 15) is 4.79 Å². The number of amides is 1. The Hall–Kier alpha value is -2.10. The monoisotopic (exact) mass is 269 g/mol. The fraction of sp³-hybridized carbons (Fsp3) is 0.375. The summed E-state index contributed by atoms with van der Waals surface area (Å²) in [6.45, 7) is 1.65. The predicted octanol–water partition coefficient (Wildman–Crippen LogP) is 2.73. The molecule has 0 fully saturated rings. The molecule has 3 rings (SSSR count). The first-order valence-corrected chi connectivity index (χ1v) is 7.19. The number of carbonyl (C=O) groups is 1. The van der Waals surface area contributed by atoms with Gasteiger partial charge in [0.05, 0.1) is 0 Å². The normalized spacial score (nSPS) is 14.4. The minimum Gasteiger partial charge on any atom is -0.324 e. The first kappa shape index (κ1) is 12.9. The fourth-order valence-electron chi connectivity index (χ4n) is 2.66. The van der Waals surface area contributed by atoms with Crippen molar-refractivity contribution in [3.63, 3.8) is 0 Å². The van der Waals surface area contributed by atoms with Crippen molar-refractivity contribution in [3.05, 3.63) is 54.1 Å². The van der Waals surface area contributed by atoms with Crippen LogP contribution >= 0.6 is 0 Å². The number of hydrogen-bond donors (Lipinski definition) is 0. The Bertz CT molecular complexity index is 576. The van der Waals surface area contributed by atoms with Crippen LogP contribution in [-0.2, 0) is 12.8 Å². The van der Waals surface area contributed by atoms with Gasteiger partial charge in [-0.25, -0.2) is 9.78 Å². The van der Waals surface area contributed by atoms with Gasteiger partial charge in [0.2, 0.25) is 0 Å². The van der Waals surface area contributed by atoms with E-state index in [0.29, 0.717) is 0 Å². The summed E-state index contributed by atoms with van der Waals surface area (Å²) in [5.41, 5.74) is 2.39. The van der Waals surface area contributed by atoms with Crippen molar-refractivity contribution in [1.29, 1.82) is 0 Å². The topological polar surface area (TPSA) is 38.1 Å². The molecule has 2 aromatic rings. The molecular weight excluding hydrogens is 250 g/mol. The van der Waals surface area contributed by atoms with Gasteiger partial charge in [0.15, 0.2) is 0 Å². The third kappa shape index (κ3) is 2.74. The molecule has 1 aliphatic rings. The number of fused-ring (bicyclic) bond motifs is 1. The van der Waals surface area contributed by atoms with Crippen molar-refractivity contribution >= 4 is 6.03 Å². The third-order valence-corrected chi connectivity index (χ3v) is 3.82. The van der Waals surface area contributed by atoms with Crippen LogP contribution in [0.3, 0.4) is 0 Å². The van der Waals surface area contributed by atoms with E-state index in [4.69, 9.17) is 0 Å². The molecule has 0 N–H and O–H groups in total. The summed E-state index contributed by atoms with van der Waals surface area (Å²) >= 11 is 0. The van der Waals surface area contributed by atoms with E-state index in [1.165, 1.54) is 5.56 Å². The quantitative estimate of drug-likeness (QED) is 0.783. The molecule has 0 radical (unpaired) electrons. The zero-order valence-corrected chi connectivity index (χ0v) is 11.5. The molecule has 104 valence electrons. The molecule has 1 aromatic heterocycles. The fourth-order valence-corrected chi connectivity index (χ4v) is 2.66. The molecule has 1 aliphatic heterocycles. The van der Waals surface area contributed by atoms with Gasteiger partial charge in [0.25, 0.3) is 0 Å². The molecule has 0 spiro atoms. The second kappa shape index (κ2) is 5.90. The molecule has 0 unspecified atom stereocenters. The lowest BCUT2D eigenvalue weighted by Crippen LogP contribution is -2.41. The lowest BCUT2D eigenvalue weighted by molar-refractivity contribution is 0.191. The highest BCUT2D eigenvalue weighted by molar-refractivity contribution is 5.78. The number of nitrogens with zero attached hydrogens (tertiary/aromatic N) is 3. The standard InChI is InChI=1S/C16H19N3O/c20-16-18(11-9-15-12-17-13-19(15)16)10-5-4-8-14-6-2-1-3-7-14/h1-3,6-7,12-13H,4-5,8-11H2. The number of aromatic nitrogens is 2. The predicted molar refractivity (Wildman–Crippen MR) is 77.7 cm³/mol. The van der Waals surface area contributed by atoms with Gasteiger partial charge < -0.3 is 4.90 Å². The van der Waals surface area contributed by atoms with Crippen molar-refractivity contribution in [3.8, 4) is 0 Å². The van der Waals surface area contributed by atoms with Crippen LogP contribution in [-0.4, -0.2) is 33.6 Å². The van der Waals surface area contributed by atoms with Gasteiger partial charge in [0, 0.05) is 31.4 Å². The molecule has 1 aromatic carbocycles. The maximum Gasteiger partial charge on any atom is 0.329 e. The first-order chi connectivity index (χ1) is 9.84. The van der Waals surface area contributed by atoms with Crippen LogP contribution in [0, 0.1) is 0 Å². The number of imidazole rings is 1. The van der Waals surface area contributed by atoms with Crippen LogP contribution in [0.5, 0.6) is 0 Å². The number of aryl methyl sites for hydroxylation is 1. The number of hydrogen-bond acceptors (Lipinski definition) is 2. The maximum atomic E-state index is 12.2. The summed E-state index contributed by atoms with van der Waals surface area (Å²) in [4.78, 5) is 18.2. The van der Waals surface area contributed by atoms with Crippen LogP contribution in [0.1, 0.15) is 24.1 Å². The van der Waals surface area contributed by atoms with Gasteiger partial charge in [-0.15, -0.1) is 0 Å². The third-order valence-electron chi connectivity index (χ3n) is 3.82. The van der Waals surface area contributed by atoms with E-state index in [1.807, 2.05) is 11.0 Å². The average Bonchev–Trinajstić information content (AvgIpc) is 2.96. The van der Waals surface area contributed by atoms with E-state index in [1.54, 1.807) is 17.1 Å². The first-order valence-electron chi connectivity index (χ1n) is 7.19. The molecule has 1 amide bonds. The van der Waals surface area contributed by atoms with E-state index >= 15 is 0 Å². The summed E-state index contributed by atoms with van der Waals surface area (Å²) in [5.74, 6) is 0. The number of rotatable bonds is 5. The van der Waals surface area contributed by atoms with Gasteiger partial charge in [-0.2, -0.15) is 0 Å². The Morgan fingerprint density at radius 2 is 2.00 bits per heavy atom. The zero-order valence-electron chi connectivity index (χ0n) is 11.5. The van der Waals surface area contributed by atoms with Gasteiger partial charge in [-0.3, -0.25) is 4.57 Å². The second-order valence-electron chi connectivity index (χ2n) is 5.22. The molecule has 2 heterocycles. The van der Waals surface area contributed by atoms with E-state index < -0.39 is 0 Å². The Kier molecular flexibility index (Phi) is 3.81. The summed E-state index contributed by atoms with van der Waals surface area (Å²) in [7, 11) is 0. The molecule has 0 aliphatic carbocycles. The Morgan fingerprint density at radius 3 is 2.85 bits per heavy atom. The van der Waals surface area contributed by atoms with Crippen LogP contribution in [0.15, 0.2) is 42.9 Å². The van der Waals surface area contributed by atoms with Gasteiger partial charge in [0.1, 0.15) is 6.33 Å². The zero-order chi connectivity index (χ0) is 13.8. The molecule has 0 bridgehead atoms. The maximum absolute atomic E-state index is 12.2. The van der Waals surface area contributed by atoms with E-state index in [2.05, 4.69) is 29.2 Å². The molecular formula is C16H19N3O. The Labute approximate surface area is 119 Å². The molecule has 20 heavy (non-hydrogen) atoms. The van der Waals surface area contributed by atoms with Crippen LogP contribution in [0.25, 0.3) is 0 Å². The highest BCUT2D eigenvalue weighted by atomic mass is 16.2. The second-order valence-corrected chi connectivity index (χ2v) is 5.22. The van der Waals surface area contributed by atoms with Crippen molar-refractivity contribution in [2.24, 2.45) is 0 Å². The summed E-state index contributed by atoms with van der Waals surface area (Å²) in [6, 6.07) is 10.6. The van der Waals surface area contributed by atoms with Crippen LogP contribution in [0.2, 0.25) is 0 Å². The van der Waals surface area contributed by atoms with E-state index in [0.717, 1.165) is 44.5 Å². The van der Waals surface area contributed by atoms with Crippen molar-refractivity contribution < 1.29 is 4.79 Å². The van der Waals surface area contributed by atoms with Crippen molar-refractivity contribution in [2.45, 2.75) is 25.7 Å². The van der Waals surface area contributed by atoms with Gasteiger partial charge in [-0.1, -0.05) is 30.3 Å². The Morgan fingerprint density at radius 1 is 1.15 bits per heavy atom. The van der Waals surface area contributed by atoms with Crippen molar-refractivity contribution in [1.82, 2.24) is 14.5 Å². The molecule has 0 saturated carbocycles. The molecule has 4 heteroatoms. The van der Waals surface area contributed by atoms with Crippen molar-refractivity contribution in [2.75, 3.05) is 13.1 Å². The largest absolute Gasteiger partial charge is 0.329 e. The number of benzene rings is 1. The summed E-state index contributed by atoms with van der Waals surface area (Å²) in [6.07, 6.45) is 7.55. The van der Waals surface area contributed by atoms with Gasteiger partial charge >= 0.3 is 6.03 Å². The molecule has 0 saturated heterocycles. The van der Waals surface area contributed by atoms with Crippen LogP contribution in [0.4, 0.5) is 4.79 Å².